The van der Waals surface area contributed by atoms with E-state index >= 15 is 0 Å². The van der Waals surface area contributed by atoms with Gasteiger partial charge in [-0.3, -0.25) is 4.84 Å². The zero-order valence-corrected chi connectivity index (χ0v) is 14.5. The minimum atomic E-state index is -3.65. The molecule has 4 nitrogen and oxygen atoms in total. The summed E-state index contributed by atoms with van der Waals surface area (Å²) in [5.74, 6) is 0.462. The molecule has 0 radical (unpaired) electrons. The summed E-state index contributed by atoms with van der Waals surface area (Å²) in [6.07, 6.45) is 8.35. The average molecular weight is 335 g/mol. The number of hydrogen-bond donors (Lipinski definition) is 0. The molecule has 2 fully saturated rings. The number of rotatable bonds is 4. The highest BCUT2D eigenvalue weighted by molar-refractivity contribution is 7.89. The molecule has 1 aliphatic carbocycles. The topological polar surface area (TPSA) is 46.6 Å². The summed E-state index contributed by atoms with van der Waals surface area (Å²) in [7, 11) is -3.65. The van der Waals surface area contributed by atoms with E-state index in [0.29, 0.717) is 12.3 Å². The predicted molar refractivity (Wildman–Crippen MR) is 90.3 cm³/mol. The van der Waals surface area contributed by atoms with Gasteiger partial charge in [0.15, 0.2) is 0 Å². The van der Waals surface area contributed by atoms with Crippen molar-refractivity contribution >= 4 is 10.0 Å². The normalized spacial score (nSPS) is 27.2. The molecular formula is C18H25NO3S. The van der Waals surface area contributed by atoms with Crippen LogP contribution in [0.1, 0.15) is 44.1 Å². The van der Waals surface area contributed by atoms with Gasteiger partial charge in [0, 0.05) is 0 Å². The Morgan fingerprint density at radius 3 is 2.43 bits per heavy atom. The van der Waals surface area contributed by atoms with E-state index in [1.807, 2.05) is 19.1 Å². The van der Waals surface area contributed by atoms with Crippen LogP contribution in [0.15, 0.2) is 41.8 Å². The molecule has 1 saturated carbocycles. The summed E-state index contributed by atoms with van der Waals surface area (Å²) in [6.45, 7) is 5.75. The highest BCUT2D eigenvalue weighted by atomic mass is 32.2. The zero-order chi connectivity index (χ0) is 16.4. The van der Waals surface area contributed by atoms with Gasteiger partial charge in [0.1, 0.15) is 0 Å². The van der Waals surface area contributed by atoms with Crippen molar-refractivity contribution in [2.75, 3.05) is 0 Å². The smallest absolute Gasteiger partial charge is 0.265 e. The minimum absolute atomic E-state index is 0.0153. The van der Waals surface area contributed by atoms with Gasteiger partial charge in [-0.15, -0.1) is 6.58 Å². The van der Waals surface area contributed by atoms with E-state index in [-0.39, 0.29) is 17.0 Å². The number of sulfonamides is 1. The number of hydroxylamine groups is 1. The lowest BCUT2D eigenvalue weighted by Crippen LogP contribution is -2.34. The van der Waals surface area contributed by atoms with Crippen LogP contribution < -0.4 is 0 Å². The van der Waals surface area contributed by atoms with Crippen LogP contribution in [0.4, 0.5) is 0 Å². The predicted octanol–water partition coefficient (Wildman–Crippen LogP) is 3.82. The lowest BCUT2D eigenvalue weighted by atomic mass is 9.83. The second-order valence-corrected chi connectivity index (χ2v) is 8.44. The molecule has 1 aromatic carbocycles. The molecule has 5 heteroatoms. The first-order valence-corrected chi connectivity index (χ1v) is 9.87. The van der Waals surface area contributed by atoms with Gasteiger partial charge < -0.3 is 0 Å². The minimum Gasteiger partial charge on any atom is -0.280 e. The van der Waals surface area contributed by atoms with Crippen molar-refractivity contribution in [3.8, 4) is 0 Å². The summed E-state index contributed by atoms with van der Waals surface area (Å²) in [5, 5.41) is 0. The van der Waals surface area contributed by atoms with E-state index < -0.39 is 10.0 Å². The molecule has 0 amide bonds. The molecule has 23 heavy (non-hydrogen) atoms. The summed E-state index contributed by atoms with van der Waals surface area (Å²) in [6, 6.07) is 6.62. The Balaban J connectivity index is 1.82. The molecule has 2 atom stereocenters. The average Bonchev–Trinajstić information content (AvgIpc) is 3.01. The molecule has 126 valence electrons. The zero-order valence-electron chi connectivity index (χ0n) is 13.6. The number of benzene rings is 1. The van der Waals surface area contributed by atoms with Crippen LogP contribution in [0.25, 0.3) is 0 Å². The first-order chi connectivity index (χ1) is 11.0. The molecule has 0 spiro atoms. The van der Waals surface area contributed by atoms with Crippen LogP contribution in [-0.4, -0.2) is 25.0 Å². The van der Waals surface area contributed by atoms with E-state index in [9.17, 15) is 8.42 Å². The quantitative estimate of drug-likeness (QED) is 0.786. The van der Waals surface area contributed by atoms with E-state index in [1.54, 1.807) is 18.2 Å². The number of aryl methyl sites for hydroxylation is 1. The molecule has 2 aliphatic rings. The molecule has 0 aromatic heterocycles. The monoisotopic (exact) mass is 335 g/mol. The maximum Gasteiger partial charge on any atom is 0.265 e. The fourth-order valence-electron chi connectivity index (χ4n) is 3.59. The van der Waals surface area contributed by atoms with Crippen LogP contribution in [0, 0.1) is 12.8 Å². The fraction of sp³-hybridized carbons (Fsp3) is 0.556. The van der Waals surface area contributed by atoms with Crippen LogP contribution >= 0.6 is 0 Å². The molecule has 3 rings (SSSR count). The van der Waals surface area contributed by atoms with E-state index in [0.717, 1.165) is 18.4 Å². The second-order valence-electron chi connectivity index (χ2n) is 6.65. The first-order valence-electron chi connectivity index (χ1n) is 8.43. The van der Waals surface area contributed by atoms with Gasteiger partial charge in [-0.25, -0.2) is 8.42 Å². The Kier molecular flexibility index (Phi) is 4.90. The van der Waals surface area contributed by atoms with Gasteiger partial charge in [-0.05, 0) is 44.2 Å². The number of nitrogens with zero attached hydrogens (tertiary/aromatic N) is 1. The Morgan fingerprint density at radius 2 is 1.83 bits per heavy atom. The standard InChI is InChI=1S/C18H25NO3S/c1-3-16-13-18(15-7-5-4-6-8-15)22-19(16)23(20,21)17-11-9-14(2)10-12-17/h3,9-12,15-16,18H,1,4-8,13H2,2H3/t16-,18-/m0/s1. The van der Waals surface area contributed by atoms with E-state index in [2.05, 4.69) is 6.58 Å². The maximum absolute atomic E-state index is 12.9. The first kappa shape index (κ1) is 16.7. The highest BCUT2D eigenvalue weighted by Gasteiger charge is 2.43. The van der Waals surface area contributed by atoms with Gasteiger partial charge in [0.25, 0.3) is 10.0 Å². The van der Waals surface area contributed by atoms with Gasteiger partial charge in [-0.2, -0.15) is 0 Å². The highest BCUT2D eigenvalue weighted by Crippen LogP contribution is 2.37. The second kappa shape index (κ2) is 6.75. The van der Waals surface area contributed by atoms with E-state index in [4.69, 9.17) is 4.84 Å². The molecule has 1 aromatic rings. The van der Waals surface area contributed by atoms with Crippen molar-refractivity contribution in [3.05, 3.63) is 42.5 Å². The fourth-order valence-corrected chi connectivity index (χ4v) is 5.03. The van der Waals surface area contributed by atoms with Crippen LogP contribution in [0.3, 0.4) is 0 Å². The SMILES string of the molecule is C=C[C@H]1C[C@@H](C2CCCCC2)ON1S(=O)(=O)c1ccc(C)cc1. The van der Waals surface area contributed by atoms with Gasteiger partial charge in [-0.1, -0.05) is 47.5 Å². The van der Waals surface area contributed by atoms with Crippen LogP contribution in [0.5, 0.6) is 0 Å². The third kappa shape index (κ3) is 3.37. The van der Waals surface area contributed by atoms with Gasteiger partial charge in [0.2, 0.25) is 0 Å². The van der Waals surface area contributed by atoms with Crippen molar-refractivity contribution in [2.24, 2.45) is 5.92 Å². The molecular weight excluding hydrogens is 310 g/mol. The number of hydrogen-bond acceptors (Lipinski definition) is 3. The van der Waals surface area contributed by atoms with Crippen molar-refractivity contribution < 1.29 is 13.3 Å². The Labute approximate surface area is 139 Å². The summed E-state index contributed by atoms with van der Waals surface area (Å²) in [5.41, 5.74) is 1.03. The summed E-state index contributed by atoms with van der Waals surface area (Å²) >= 11 is 0. The molecule has 0 N–H and O–H groups in total. The third-order valence-corrected chi connectivity index (χ3v) is 6.69. The van der Waals surface area contributed by atoms with Gasteiger partial charge in [0.05, 0.1) is 17.0 Å². The summed E-state index contributed by atoms with van der Waals surface area (Å²) in [4.78, 5) is 6.21. The van der Waals surface area contributed by atoms with Crippen molar-refractivity contribution in [1.82, 2.24) is 4.47 Å². The summed E-state index contributed by atoms with van der Waals surface area (Å²) < 4.78 is 27.0. The Morgan fingerprint density at radius 1 is 1.17 bits per heavy atom. The molecule has 0 bridgehead atoms. The van der Waals surface area contributed by atoms with E-state index in [1.165, 1.54) is 23.7 Å². The maximum atomic E-state index is 12.9. The Bertz CT molecular complexity index is 647. The molecule has 1 aliphatic heterocycles. The van der Waals surface area contributed by atoms with Crippen molar-refractivity contribution in [3.63, 3.8) is 0 Å². The lowest BCUT2D eigenvalue weighted by molar-refractivity contribution is -0.107. The van der Waals surface area contributed by atoms with Gasteiger partial charge >= 0.3 is 0 Å². The van der Waals surface area contributed by atoms with Crippen molar-refractivity contribution in [2.45, 2.75) is 62.5 Å². The Hall–Kier alpha value is -1.17. The largest absolute Gasteiger partial charge is 0.280 e. The third-order valence-electron chi connectivity index (χ3n) is 4.99. The van der Waals surface area contributed by atoms with Crippen molar-refractivity contribution in [1.29, 1.82) is 0 Å². The molecule has 0 unspecified atom stereocenters. The lowest BCUT2D eigenvalue weighted by Gasteiger charge is -2.27. The van der Waals surface area contributed by atoms with Crippen LogP contribution in [-0.2, 0) is 14.9 Å². The molecule has 1 saturated heterocycles. The van der Waals surface area contributed by atoms with Crippen LogP contribution in [0.2, 0.25) is 0 Å². The molecule has 1 heterocycles.